The first-order valence-corrected chi connectivity index (χ1v) is 4.75. The third-order valence-corrected chi connectivity index (χ3v) is 2.18. The highest BCUT2D eigenvalue weighted by atomic mass is 16.5. The molecule has 0 aliphatic heterocycles. The molecule has 3 N–H and O–H groups in total. The van der Waals surface area contributed by atoms with E-state index < -0.39 is 11.4 Å². The van der Waals surface area contributed by atoms with Gasteiger partial charge in [0.05, 0.1) is 5.54 Å². The van der Waals surface area contributed by atoms with Crippen LogP contribution in [-0.2, 0) is 4.79 Å². The van der Waals surface area contributed by atoms with Crippen LogP contribution >= 0.6 is 0 Å². The average molecular weight is 188 g/mol. The molecule has 78 valence electrons. The molecular weight excluding hydrogens is 168 g/mol. The number of nitrogens with two attached hydrogens (primary N) is 1. The van der Waals surface area contributed by atoms with Gasteiger partial charge in [-0.05, 0) is 19.8 Å². The molecule has 0 saturated carbocycles. The van der Waals surface area contributed by atoms with Gasteiger partial charge in [-0.15, -0.1) is 0 Å². The molecule has 1 amide bonds. The first kappa shape index (κ1) is 12.4. The molecule has 4 nitrogen and oxygen atoms in total. The number of nitrogens with zero attached hydrogens (tertiary/aromatic N) is 1. The smallest absolute Gasteiger partial charge is 0.265 e. The topological polar surface area (TPSA) is 66.6 Å². The number of carbonyl (C=O) groups excluding carboxylic acids is 1. The molecule has 13 heavy (non-hydrogen) atoms. The van der Waals surface area contributed by atoms with Gasteiger partial charge in [0, 0.05) is 6.54 Å². The molecule has 1 atom stereocenters. The lowest BCUT2D eigenvalue weighted by Gasteiger charge is -2.26. The molecule has 0 rings (SSSR count). The standard InChI is InChI=1S/C9H20N2O2/c1-4-6-7-11(13)8(12)9(3,10)5-2/h13H,4-7,10H2,1-3H3. The highest BCUT2D eigenvalue weighted by molar-refractivity contribution is 5.84. The van der Waals surface area contributed by atoms with E-state index in [1.165, 1.54) is 0 Å². The lowest BCUT2D eigenvalue weighted by atomic mass is 9.99. The van der Waals surface area contributed by atoms with Crippen molar-refractivity contribution in [1.82, 2.24) is 5.06 Å². The Morgan fingerprint density at radius 1 is 1.54 bits per heavy atom. The Hall–Kier alpha value is -0.610. The molecule has 0 saturated heterocycles. The van der Waals surface area contributed by atoms with Gasteiger partial charge in [-0.25, -0.2) is 5.06 Å². The highest BCUT2D eigenvalue weighted by Crippen LogP contribution is 2.08. The Kier molecular flexibility index (Phi) is 4.95. The van der Waals surface area contributed by atoms with Crippen LogP contribution in [0, 0.1) is 0 Å². The maximum Gasteiger partial charge on any atom is 0.265 e. The molecule has 1 unspecified atom stereocenters. The number of amides is 1. The number of unbranched alkanes of at least 4 members (excludes halogenated alkanes) is 1. The van der Waals surface area contributed by atoms with Crippen molar-refractivity contribution < 1.29 is 10.0 Å². The molecule has 0 aliphatic carbocycles. The predicted molar refractivity (Wildman–Crippen MR) is 51.3 cm³/mol. The fraction of sp³-hybridized carbons (Fsp3) is 0.889. The van der Waals surface area contributed by atoms with Crippen LogP contribution in [0.2, 0.25) is 0 Å². The van der Waals surface area contributed by atoms with Crippen molar-refractivity contribution >= 4 is 5.91 Å². The van der Waals surface area contributed by atoms with Crippen molar-refractivity contribution in [3.63, 3.8) is 0 Å². The molecule has 0 aromatic rings. The van der Waals surface area contributed by atoms with Gasteiger partial charge in [0.1, 0.15) is 0 Å². The molecule has 0 spiro atoms. The van der Waals surface area contributed by atoms with E-state index in [1.54, 1.807) is 6.92 Å². The van der Waals surface area contributed by atoms with Crippen molar-refractivity contribution in [2.75, 3.05) is 6.54 Å². The second-order valence-corrected chi connectivity index (χ2v) is 3.55. The number of hydroxylamine groups is 2. The lowest BCUT2D eigenvalue weighted by Crippen LogP contribution is -2.52. The summed E-state index contributed by atoms with van der Waals surface area (Å²) in [6.07, 6.45) is 2.26. The lowest BCUT2D eigenvalue weighted by molar-refractivity contribution is -0.171. The number of carbonyl (C=O) groups is 1. The normalized spacial score (nSPS) is 15.2. The summed E-state index contributed by atoms with van der Waals surface area (Å²) in [5.41, 5.74) is 4.74. The van der Waals surface area contributed by atoms with Crippen molar-refractivity contribution in [2.24, 2.45) is 5.73 Å². The van der Waals surface area contributed by atoms with E-state index in [9.17, 15) is 10.0 Å². The average Bonchev–Trinajstić information content (AvgIpc) is 2.12. The Morgan fingerprint density at radius 3 is 2.46 bits per heavy atom. The van der Waals surface area contributed by atoms with Crippen molar-refractivity contribution in [1.29, 1.82) is 0 Å². The second kappa shape index (κ2) is 5.19. The van der Waals surface area contributed by atoms with E-state index in [0.29, 0.717) is 13.0 Å². The van der Waals surface area contributed by atoms with Crippen LogP contribution in [0.25, 0.3) is 0 Å². The van der Waals surface area contributed by atoms with E-state index >= 15 is 0 Å². The summed E-state index contributed by atoms with van der Waals surface area (Å²) in [5, 5.41) is 10.0. The number of rotatable bonds is 5. The van der Waals surface area contributed by atoms with Crippen LogP contribution in [0.4, 0.5) is 0 Å². The van der Waals surface area contributed by atoms with Gasteiger partial charge in [0.2, 0.25) is 0 Å². The number of hydrogen-bond acceptors (Lipinski definition) is 3. The van der Waals surface area contributed by atoms with Gasteiger partial charge in [-0.3, -0.25) is 10.0 Å². The van der Waals surface area contributed by atoms with Gasteiger partial charge in [-0.1, -0.05) is 20.3 Å². The monoisotopic (exact) mass is 188 g/mol. The van der Waals surface area contributed by atoms with Crippen LogP contribution < -0.4 is 5.73 Å². The van der Waals surface area contributed by atoms with Crippen LogP contribution in [0.5, 0.6) is 0 Å². The van der Waals surface area contributed by atoms with Crippen molar-refractivity contribution in [2.45, 2.75) is 45.6 Å². The van der Waals surface area contributed by atoms with Gasteiger partial charge < -0.3 is 5.73 Å². The zero-order valence-corrected chi connectivity index (χ0v) is 8.71. The summed E-state index contributed by atoms with van der Waals surface area (Å²) in [4.78, 5) is 11.5. The molecule has 0 heterocycles. The Labute approximate surface area is 79.7 Å². The Bertz CT molecular complexity index is 169. The maximum absolute atomic E-state index is 11.5. The Balaban J connectivity index is 4.09. The van der Waals surface area contributed by atoms with Crippen LogP contribution in [0.15, 0.2) is 0 Å². The SMILES string of the molecule is CCCCN(O)C(=O)C(C)(N)CC. The zero-order valence-electron chi connectivity index (χ0n) is 8.71. The summed E-state index contributed by atoms with van der Waals surface area (Å²) in [7, 11) is 0. The third kappa shape index (κ3) is 3.74. The summed E-state index contributed by atoms with van der Waals surface area (Å²) in [6, 6.07) is 0. The molecule has 0 aliphatic rings. The molecule has 0 aromatic carbocycles. The van der Waals surface area contributed by atoms with Gasteiger partial charge in [0.25, 0.3) is 5.91 Å². The van der Waals surface area contributed by atoms with Crippen LogP contribution in [-0.4, -0.2) is 28.3 Å². The number of hydrogen-bond donors (Lipinski definition) is 2. The molecule has 0 bridgehead atoms. The first-order chi connectivity index (χ1) is 5.95. The molecule has 0 fully saturated rings. The summed E-state index contributed by atoms with van der Waals surface area (Å²) >= 11 is 0. The molecule has 4 heteroatoms. The minimum atomic E-state index is -0.942. The summed E-state index contributed by atoms with van der Waals surface area (Å²) < 4.78 is 0. The van der Waals surface area contributed by atoms with E-state index in [-0.39, 0.29) is 0 Å². The first-order valence-electron chi connectivity index (χ1n) is 4.75. The predicted octanol–water partition coefficient (Wildman–Crippen LogP) is 1.13. The van der Waals surface area contributed by atoms with Gasteiger partial charge in [-0.2, -0.15) is 0 Å². The van der Waals surface area contributed by atoms with E-state index in [2.05, 4.69) is 0 Å². The minimum Gasteiger partial charge on any atom is -0.318 e. The molecular formula is C9H20N2O2. The van der Waals surface area contributed by atoms with Gasteiger partial charge in [0.15, 0.2) is 0 Å². The van der Waals surface area contributed by atoms with Gasteiger partial charge >= 0.3 is 0 Å². The van der Waals surface area contributed by atoms with E-state index in [1.807, 2.05) is 13.8 Å². The van der Waals surface area contributed by atoms with Crippen LogP contribution in [0.1, 0.15) is 40.0 Å². The van der Waals surface area contributed by atoms with E-state index in [0.717, 1.165) is 17.9 Å². The Morgan fingerprint density at radius 2 is 2.08 bits per heavy atom. The second-order valence-electron chi connectivity index (χ2n) is 3.55. The van der Waals surface area contributed by atoms with Crippen molar-refractivity contribution in [3.05, 3.63) is 0 Å². The van der Waals surface area contributed by atoms with E-state index in [4.69, 9.17) is 5.73 Å². The zero-order chi connectivity index (χ0) is 10.5. The van der Waals surface area contributed by atoms with Crippen LogP contribution in [0.3, 0.4) is 0 Å². The quantitative estimate of drug-likeness (QED) is 0.502. The summed E-state index contributed by atoms with van der Waals surface area (Å²) in [6.45, 7) is 5.82. The van der Waals surface area contributed by atoms with Crippen molar-refractivity contribution in [3.8, 4) is 0 Å². The largest absolute Gasteiger partial charge is 0.318 e. The highest BCUT2D eigenvalue weighted by Gasteiger charge is 2.29. The molecule has 0 aromatic heterocycles. The minimum absolute atomic E-state index is 0.363. The fourth-order valence-corrected chi connectivity index (χ4v) is 0.855. The summed E-state index contributed by atoms with van der Waals surface area (Å²) in [5.74, 6) is -0.400. The fourth-order valence-electron chi connectivity index (χ4n) is 0.855. The maximum atomic E-state index is 11.5. The molecule has 0 radical (unpaired) electrons. The third-order valence-electron chi connectivity index (χ3n) is 2.18.